The van der Waals surface area contributed by atoms with Crippen LogP contribution in [0.1, 0.15) is 19.8 Å². The fourth-order valence-corrected chi connectivity index (χ4v) is 3.68. The average molecular weight is 377 g/mol. The summed E-state index contributed by atoms with van der Waals surface area (Å²) in [5.41, 5.74) is 3.10. The van der Waals surface area contributed by atoms with Gasteiger partial charge in [-0.05, 0) is 0 Å². The summed E-state index contributed by atoms with van der Waals surface area (Å²) in [6.45, 7) is 6.23. The van der Waals surface area contributed by atoms with E-state index in [-0.39, 0.29) is 37.3 Å². The molecule has 0 atom stereocenters. The van der Waals surface area contributed by atoms with Crippen LogP contribution in [0.4, 0.5) is 0 Å². The van der Waals surface area contributed by atoms with E-state index in [2.05, 4.69) is 11.5 Å². The summed E-state index contributed by atoms with van der Waals surface area (Å²) in [6, 6.07) is 3.90. The standard InChI is InChI=1S/C12H12NOSSe.BrH/c1-3-11-9(2)13(8-15-11)7-10(14)12-5-4-6-16-12;/h3-6,8H,1,7H2,2H3;1H/q+1;/p-1. The molecule has 2 nitrogen and oxygen atoms in total. The summed E-state index contributed by atoms with van der Waals surface area (Å²) < 4.78 is 2.96. The van der Waals surface area contributed by atoms with Gasteiger partial charge in [-0.25, -0.2) is 0 Å². The number of thiazole rings is 1. The first-order valence-corrected chi connectivity index (χ1v) is 7.61. The second-order valence-electron chi connectivity index (χ2n) is 3.41. The molecule has 0 aromatic carbocycles. The fourth-order valence-electron chi connectivity index (χ4n) is 1.45. The first-order chi connectivity index (χ1) is 7.72. The Kier molecular flexibility index (Phi) is 5.53. The second-order valence-corrected chi connectivity index (χ2v) is 6.28. The smallest absolute Gasteiger partial charge is 1.00 e. The van der Waals surface area contributed by atoms with Gasteiger partial charge in [0.1, 0.15) is 0 Å². The van der Waals surface area contributed by atoms with Crippen LogP contribution in [0, 0.1) is 6.92 Å². The molecule has 0 saturated carbocycles. The molecule has 90 valence electrons. The van der Waals surface area contributed by atoms with E-state index in [1.807, 2.05) is 35.2 Å². The Hall–Kier alpha value is -0.481. The maximum atomic E-state index is 11.9. The Bertz CT molecular complexity index is 519. The van der Waals surface area contributed by atoms with Gasteiger partial charge in [0, 0.05) is 0 Å². The van der Waals surface area contributed by atoms with Crippen molar-refractivity contribution >= 4 is 37.7 Å². The molecule has 17 heavy (non-hydrogen) atoms. The third-order valence-electron chi connectivity index (χ3n) is 2.39. The largest absolute Gasteiger partial charge is 1.00 e. The summed E-state index contributed by atoms with van der Waals surface area (Å²) >= 11 is 1.86. The van der Waals surface area contributed by atoms with Crippen LogP contribution in [0.2, 0.25) is 0 Å². The van der Waals surface area contributed by atoms with Crippen LogP contribution in [0.25, 0.3) is 6.08 Å². The molecule has 2 aromatic heterocycles. The number of carbonyl (C=O) groups is 1. The number of Topliss-reactive ketones (excluding diaryl/α,β-unsaturated/α-hetero) is 1. The van der Waals surface area contributed by atoms with Crippen molar-refractivity contribution in [3.05, 3.63) is 44.2 Å². The van der Waals surface area contributed by atoms with E-state index >= 15 is 0 Å². The van der Waals surface area contributed by atoms with Crippen LogP contribution in [-0.2, 0) is 6.54 Å². The fraction of sp³-hybridized carbons (Fsp3) is 0.167. The number of carbonyl (C=O) groups excluding carboxylic acids is 1. The number of nitrogens with zero attached hydrogens (tertiary/aromatic N) is 1. The molecule has 5 heteroatoms. The SMILES string of the molecule is C=Cc1sc[n+](CC(=O)c2ccc[se]2)c1C.[Br-]. The van der Waals surface area contributed by atoms with Crippen molar-refractivity contribution in [2.24, 2.45) is 0 Å². The first-order valence-electron chi connectivity index (χ1n) is 4.89. The van der Waals surface area contributed by atoms with Gasteiger partial charge < -0.3 is 17.0 Å². The molecule has 2 rings (SSSR count). The van der Waals surface area contributed by atoms with Gasteiger partial charge in [-0.2, -0.15) is 0 Å². The zero-order valence-corrected chi connectivity index (χ0v) is 13.5. The van der Waals surface area contributed by atoms with Gasteiger partial charge in [0.15, 0.2) is 0 Å². The van der Waals surface area contributed by atoms with Crippen LogP contribution < -0.4 is 21.5 Å². The minimum atomic E-state index is 0. The van der Waals surface area contributed by atoms with Crippen LogP contribution in [0.15, 0.2) is 29.2 Å². The topological polar surface area (TPSA) is 20.9 Å². The van der Waals surface area contributed by atoms with E-state index in [4.69, 9.17) is 0 Å². The van der Waals surface area contributed by atoms with Gasteiger partial charge in [0.05, 0.1) is 0 Å². The van der Waals surface area contributed by atoms with Gasteiger partial charge in [-0.3, -0.25) is 0 Å². The molecule has 0 aliphatic carbocycles. The zero-order chi connectivity index (χ0) is 11.5. The van der Waals surface area contributed by atoms with Crippen LogP contribution in [0.5, 0.6) is 0 Å². The Morgan fingerprint density at radius 1 is 1.65 bits per heavy atom. The Morgan fingerprint density at radius 3 is 2.94 bits per heavy atom. The molecule has 2 heterocycles. The Morgan fingerprint density at radius 2 is 2.41 bits per heavy atom. The van der Waals surface area contributed by atoms with Crippen molar-refractivity contribution in [2.75, 3.05) is 0 Å². The number of halogens is 1. The first kappa shape index (κ1) is 14.6. The van der Waals surface area contributed by atoms with Crippen molar-refractivity contribution in [2.45, 2.75) is 13.5 Å². The number of aromatic nitrogens is 1. The van der Waals surface area contributed by atoms with Crippen molar-refractivity contribution < 1.29 is 26.3 Å². The monoisotopic (exact) mass is 377 g/mol. The Labute approximate surface area is 121 Å². The van der Waals surface area contributed by atoms with E-state index in [0.29, 0.717) is 6.54 Å². The van der Waals surface area contributed by atoms with E-state index in [1.165, 1.54) is 0 Å². The van der Waals surface area contributed by atoms with Gasteiger partial charge in [0.25, 0.3) is 0 Å². The van der Waals surface area contributed by atoms with Crippen molar-refractivity contribution in [3.63, 3.8) is 0 Å². The van der Waals surface area contributed by atoms with Gasteiger partial charge in [0.2, 0.25) is 0 Å². The van der Waals surface area contributed by atoms with E-state index in [1.54, 1.807) is 11.3 Å². The van der Waals surface area contributed by atoms with E-state index < -0.39 is 0 Å². The number of hydrogen-bond donors (Lipinski definition) is 0. The molecule has 0 radical (unpaired) electrons. The maximum Gasteiger partial charge on any atom is -1.00 e. The third-order valence-corrected chi connectivity index (χ3v) is 5.38. The summed E-state index contributed by atoms with van der Waals surface area (Å²) in [5, 5.41) is 0. The summed E-state index contributed by atoms with van der Waals surface area (Å²) in [4.78, 5) is 15.1. The van der Waals surface area contributed by atoms with Crippen LogP contribution in [-0.4, -0.2) is 20.3 Å². The zero-order valence-electron chi connectivity index (χ0n) is 9.35. The van der Waals surface area contributed by atoms with Crippen LogP contribution in [0.3, 0.4) is 0 Å². The normalized spacial score (nSPS) is 9.71. The van der Waals surface area contributed by atoms with Crippen molar-refractivity contribution in [3.8, 4) is 0 Å². The minimum absolute atomic E-state index is 0. The van der Waals surface area contributed by atoms with E-state index in [9.17, 15) is 4.79 Å². The average Bonchev–Trinajstić information content (AvgIpc) is 2.89. The van der Waals surface area contributed by atoms with Gasteiger partial charge >= 0.3 is 105 Å². The molecular formula is C12H12BrNOSSe. The quantitative estimate of drug-likeness (QED) is 0.378. The molecular weight excluding hydrogens is 365 g/mol. The van der Waals surface area contributed by atoms with E-state index in [0.717, 1.165) is 15.0 Å². The molecule has 0 aliphatic rings. The summed E-state index contributed by atoms with van der Waals surface area (Å²) in [7, 11) is 0. The maximum absolute atomic E-state index is 11.9. The minimum Gasteiger partial charge on any atom is -1.00 e. The number of hydrogen-bond acceptors (Lipinski definition) is 2. The molecule has 0 amide bonds. The summed E-state index contributed by atoms with van der Waals surface area (Å²) in [5.74, 6) is 0.228. The molecule has 0 N–H and O–H groups in total. The second kappa shape index (κ2) is 6.45. The van der Waals surface area contributed by atoms with Crippen molar-refractivity contribution in [1.82, 2.24) is 0 Å². The predicted octanol–water partition coefficient (Wildman–Crippen LogP) is -1.07. The molecule has 0 saturated heterocycles. The molecule has 0 aliphatic heterocycles. The van der Waals surface area contributed by atoms with Crippen LogP contribution >= 0.6 is 11.3 Å². The summed E-state index contributed by atoms with van der Waals surface area (Å²) in [6.07, 6.45) is 1.83. The number of ketones is 1. The molecule has 2 aromatic rings. The Balaban J connectivity index is 0.00000144. The van der Waals surface area contributed by atoms with Crippen molar-refractivity contribution in [1.29, 1.82) is 0 Å². The predicted molar refractivity (Wildman–Crippen MR) is 67.1 cm³/mol. The number of rotatable bonds is 4. The van der Waals surface area contributed by atoms with Gasteiger partial charge in [-0.15, -0.1) is 0 Å². The molecule has 0 unspecified atom stereocenters. The molecule has 0 spiro atoms. The third kappa shape index (κ3) is 3.26. The van der Waals surface area contributed by atoms with Gasteiger partial charge in [-0.1, -0.05) is 0 Å². The molecule has 0 bridgehead atoms. The molecule has 0 fully saturated rings.